The van der Waals surface area contributed by atoms with E-state index >= 15 is 0 Å². The van der Waals surface area contributed by atoms with Crippen molar-refractivity contribution in [3.63, 3.8) is 0 Å². The van der Waals surface area contributed by atoms with Gasteiger partial charge in [-0.05, 0) is 17.7 Å². The summed E-state index contributed by atoms with van der Waals surface area (Å²) < 4.78 is 0. The van der Waals surface area contributed by atoms with Crippen LogP contribution in [0, 0.1) is 0 Å². The van der Waals surface area contributed by atoms with Crippen LogP contribution in [0.15, 0.2) is 36.8 Å². The van der Waals surface area contributed by atoms with Crippen molar-refractivity contribution in [3.8, 4) is 11.3 Å². The quantitative estimate of drug-likeness (QED) is 0.830. The Kier molecular flexibility index (Phi) is 2.72. The molecule has 0 aliphatic carbocycles. The number of rotatable bonds is 2. The molecule has 2 aromatic rings. The molecule has 0 aliphatic heterocycles. The Bertz CT molecular complexity index is 471. The topological polar surface area (TPSA) is 49.0 Å². The summed E-state index contributed by atoms with van der Waals surface area (Å²) in [5, 5.41) is 0. The fraction of sp³-hybridized carbons (Fsp3) is 0.167. The lowest BCUT2D eigenvalue weighted by molar-refractivity contribution is 0.0827. The van der Waals surface area contributed by atoms with E-state index in [1.54, 1.807) is 31.5 Å². The third kappa shape index (κ3) is 1.95. The fourth-order valence-corrected chi connectivity index (χ4v) is 1.46. The lowest BCUT2D eigenvalue weighted by Crippen LogP contribution is -2.21. The van der Waals surface area contributed by atoms with E-state index in [9.17, 15) is 4.79 Å². The van der Waals surface area contributed by atoms with Crippen LogP contribution < -0.4 is 0 Å². The van der Waals surface area contributed by atoms with Gasteiger partial charge in [0, 0.05) is 19.7 Å². The van der Waals surface area contributed by atoms with Crippen LogP contribution >= 0.6 is 0 Å². The van der Waals surface area contributed by atoms with Crippen LogP contribution in [0.1, 0.15) is 10.4 Å². The number of carbonyl (C=O) groups excluding carboxylic acids is 1. The summed E-state index contributed by atoms with van der Waals surface area (Å²) in [6.07, 6.45) is 3.39. The van der Waals surface area contributed by atoms with Gasteiger partial charge in [-0.1, -0.05) is 12.1 Å². The molecule has 1 aromatic carbocycles. The van der Waals surface area contributed by atoms with E-state index in [0.29, 0.717) is 5.56 Å². The van der Waals surface area contributed by atoms with E-state index in [1.165, 1.54) is 0 Å². The number of aromatic nitrogens is 2. The van der Waals surface area contributed by atoms with E-state index in [0.717, 1.165) is 11.3 Å². The average Bonchev–Trinajstić information content (AvgIpc) is 2.81. The van der Waals surface area contributed by atoms with Gasteiger partial charge in [0.05, 0.1) is 18.2 Å². The zero-order chi connectivity index (χ0) is 11.5. The maximum atomic E-state index is 11.6. The predicted molar refractivity (Wildman–Crippen MR) is 62.0 cm³/mol. The molecule has 0 unspecified atom stereocenters. The van der Waals surface area contributed by atoms with Crippen molar-refractivity contribution in [2.24, 2.45) is 0 Å². The Morgan fingerprint density at radius 3 is 2.44 bits per heavy atom. The monoisotopic (exact) mass is 215 g/mol. The highest BCUT2D eigenvalue weighted by molar-refractivity contribution is 5.94. The molecule has 0 saturated heterocycles. The first-order valence-corrected chi connectivity index (χ1v) is 4.99. The van der Waals surface area contributed by atoms with Crippen LogP contribution in [0.5, 0.6) is 0 Å². The van der Waals surface area contributed by atoms with Crippen LogP contribution in [0.2, 0.25) is 0 Å². The first kappa shape index (κ1) is 10.4. The number of H-pyrrole nitrogens is 1. The van der Waals surface area contributed by atoms with E-state index < -0.39 is 0 Å². The van der Waals surface area contributed by atoms with E-state index in [1.807, 2.05) is 24.3 Å². The molecule has 0 saturated carbocycles. The van der Waals surface area contributed by atoms with Crippen molar-refractivity contribution >= 4 is 5.91 Å². The van der Waals surface area contributed by atoms with Crippen LogP contribution in [0.4, 0.5) is 0 Å². The van der Waals surface area contributed by atoms with E-state index in [-0.39, 0.29) is 5.91 Å². The van der Waals surface area contributed by atoms with E-state index in [2.05, 4.69) is 9.97 Å². The molecule has 16 heavy (non-hydrogen) atoms. The van der Waals surface area contributed by atoms with Crippen LogP contribution in [-0.4, -0.2) is 34.9 Å². The summed E-state index contributed by atoms with van der Waals surface area (Å²) in [5.41, 5.74) is 2.66. The molecule has 1 heterocycles. The minimum absolute atomic E-state index is 0.0103. The molecule has 4 heteroatoms. The number of carbonyl (C=O) groups is 1. The summed E-state index contributed by atoms with van der Waals surface area (Å²) in [6.45, 7) is 0. The number of amides is 1. The van der Waals surface area contributed by atoms with Crippen molar-refractivity contribution in [1.29, 1.82) is 0 Å². The van der Waals surface area contributed by atoms with E-state index in [4.69, 9.17) is 0 Å². The van der Waals surface area contributed by atoms with Gasteiger partial charge in [0.1, 0.15) is 0 Å². The molecule has 0 bridgehead atoms. The minimum Gasteiger partial charge on any atom is -0.345 e. The normalized spacial score (nSPS) is 10.1. The number of imidazole rings is 1. The van der Waals surface area contributed by atoms with Gasteiger partial charge in [0.2, 0.25) is 0 Å². The highest BCUT2D eigenvalue weighted by Gasteiger charge is 2.07. The minimum atomic E-state index is 0.0103. The maximum Gasteiger partial charge on any atom is 0.253 e. The zero-order valence-electron chi connectivity index (χ0n) is 9.27. The number of nitrogens with zero attached hydrogens (tertiary/aromatic N) is 2. The van der Waals surface area contributed by atoms with Crippen molar-refractivity contribution in [2.45, 2.75) is 0 Å². The first-order valence-electron chi connectivity index (χ1n) is 4.99. The van der Waals surface area contributed by atoms with Gasteiger partial charge in [0.25, 0.3) is 5.91 Å². The number of aromatic amines is 1. The third-order valence-corrected chi connectivity index (χ3v) is 2.35. The highest BCUT2D eigenvalue weighted by atomic mass is 16.2. The number of benzene rings is 1. The molecule has 4 nitrogen and oxygen atoms in total. The molecular weight excluding hydrogens is 202 g/mol. The first-order chi connectivity index (χ1) is 7.68. The van der Waals surface area contributed by atoms with Gasteiger partial charge < -0.3 is 9.88 Å². The molecule has 1 N–H and O–H groups in total. The lowest BCUT2D eigenvalue weighted by Gasteiger charge is -2.10. The van der Waals surface area contributed by atoms with Gasteiger partial charge in [-0.3, -0.25) is 4.79 Å². The summed E-state index contributed by atoms with van der Waals surface area (Å²) in [4.78, 5) is 20.2. The average molecular weight is 215 g/mol. The Labute approximate surface area is 93.9 Å². The molecule has 0 radical (unpaired) electrons. The second-order valence-corrected chi connectivity index (χ2v) is 3.74. The molecular formula is C12H13N3O. The molecule has 0 atom stereocenters. The predicted octanol–water partition coefficient (Wildman–Crippen LogP) is 1.78. The van der Waals surface area contributed by atoms with Gasteiger partial charge in [-0.2, -0.15) is 0 Å². The molecule has 1 aromatic heterocycles. The summed E-state index contributed by atoms with van der Waals surface area (Å²) in [5.74, 6) is 0.0103. The second-order valence-electron chi connectivity index (χ2n) is 3.74. The Balaban J connectivity index is 2.27. The smallest absolute Gasteiger partial charge is 0.253 e. The SMILES string of the molecule is CN(C)C(=O)c1ccc(-c2cnc[nH]2)cc1. The number of hydrogen-bond donors (Lipinski definition) is 1. The van der Waals surface area contributed by atoms with Gasteiger partial charge in [-0.25, -0.2) is 4.98 Å². The molecule has 82 valence electrons. The largest absolute Gasteiger partial charge is 0.345 e. The third-order valence-electron chi connectivity index (χ3n) is 2.35. The molecule has 1 amide bonds. The van der Waals surface area contributed by atoms with Gasteiger partial charge in [0.15, 0.2) is 0 Å². The highest BCUT2D eigenvalue weighted by Crippen LogP contribution is 2.16. The summed E-state index contributed by atoms with van der Waals surface area (Å²) >= 11 is 0. The Morgan fingerprint density at radius 1 is 1.25 bits per heavy atom. The fourth-order valence-electron chi connectivity index (χ4n) is 1.46. The van der Waals surface area contributed by atoms with Crippen LogP contribution in [-0.2, 0) is 0 Å². The van der Waals surface area contributed by atoms with Crippen LogP contribution in [0.25, 0.3) is 11.3 Å². The molecule has 0 fully saturated rings. The van der Waals surface area contributed by atoms with Crippen molar-refractivity contribution in [3.05, 3.63) is 42.4 Å². The maximum absolute atomic E-state index is 11.6. The van der Waals surface area contributed by atoms with Crippen molar-refractivity contribution < 1.29 is 4.79 Å². The standard InChI is InChI=1S/C12H13N3O/c1-15(2)12(16)10-5-3-9(4-6-10)11-7-13-8-14-11/h3-8H,1-2H3,(H,13,14). The Hall–Kier alpha value is -2.10. The van der Waals surface area contributed by atoms with Gasteiger partial charge in [-0.15, -0.1) is 0 Å². The zero-order valence-corrected chi connectivity index (χ0v) is 9.27. The molecule has 0 aliphatic rings. The molecule has 0 spiro atoms. The van der Waals surface area contributed by atoms with Crippen LogP contribution in [0.3, 0.4) is 0 Å². The van der Waals surface area contributed by atoms with Crippen molar-refractivity contribution in [1.82, 2.24) is 14.9 Å². The Morgan fingerprint density at radius 2 is 1.94 bits per heavy atom. The summed E-state index contributed by atoms with van der Waals surface area (Å²) in [6, 6.07) is 7.45. The molecule has 2 rings (SSSR count). The summed E-state index contributed by atoms with van der Waals surface area (Å²) in [7, 11) is 3.48. The van der Waals surface area contributed by atoms with Gasteiger partial charge >= 0.3 is 0 Å². The number of hydrogen-bond acceptors (Lipinski definition) is 2. The van der Waals surface area contributed by atoms with Crippen molar-refractivity contribution in [2.75, 3.05) is 14.1 Å². The number of nitrogens with one attached hydrogen (secondary N) is 1. The second kappa shape index (κ2) is 4.18. The lowest BCUT2D eigenvalue weighted by atomic mass is 10.1.